The minimum atomic E-state index is -0.233. The summed E-state index contributed by atoms with van der Waals surface area (Å²) in [5.74, 6) is 1.08. The Morgan fingerprint density at radius 3 is 2.54 bits per heavy atom. The van der Waals surface area contributed by atoms with E-state index in [0.717, 1.165) is 23.7 Å². The van der Waals surface area contributed by atoms with E-state index in [1.165, 1.54) is 11.6 Å². The topological polar surface area (TPSA) is 41.1 Å². The maximum atomic E-state index is 13.8. The summed E-state index contributed by atoms with van der Waals surface area (Å²) in [5.41, 5.74) is 3.73. The van der Waals surface area contributed by atoms with Crippen LogP contribution < -0.4 is 10.2 Å². The van der Waals surface area contributed by atoms with Crippen LogP contribution in [0.5, 0.6) is 0 Å². The number of nitrogens with zero attached hydrogens (tertiary/aromatic N) is 3. The molecule has 1 N–H and O–H groups in total. The average molecular weight is 350 g/mol. The highest BCUT2D eigenvalue weighted by Gasteiger charge is 2.12. The Morgan fingerprint density at radius 1 is 1.00 bits per heavy atom. The molecule has 2 aromatic carbocycles. The summed E-state index contributed by atoms with van der Waals surface area (Å²) in [4.78, 5) is 11.2. The van der Waals surface area contributed by atoms with Gasteiger partial charge >= 0.3 is 0 Å². The smallest absolute Gasteiger partial charge is 0.225 e. The molecular formula is C21H23FN4. The summed E-state index contributed by atoms with van der Waals surface area (Å²) in [6.07, 6.45) is 0. The van der Waals surface area contributed by atoms with Crippen molar-refractivity contribution >= 4 is 17.5 Å². The van der Waals surface area contributed by atoms with E-state index in [-0.39, 0.29) is 5.82 Å². The Balaban J connectivity index is 1.85. The van der Waals surface area contributed by atoms with Crippen molar-refractivity contribution in [2.24, 2.45) is 0 Å². The van der Waals surface area contributed by atoms with Crippen LogP contribution in [0.4, 0.5) is 21.8 Å². The van der Waals surface area contributed by atoms with E-state index in [1.807, 2.05) is 25.1 Å². The quantitative estimate of drug-likeness (QED) is 0.679. The molecule has 0 aliphatic heterocycles. The minimum Gasteiger partial charge on any atom is -0.350 e. The van der Waals surface area contributed by atoms with E-state index >= 15 is 0 Å². The molecule has 1 heterocycles. The zero-order valence-corrected chi connectivity index (χ0v) is 15.3. The SMILES string of the molecule is CCN(c1cccc(C)c1)c1cc(C)nc(NCc2ccccc2F)n1. The summed E-state index contributed by atoms with van der Waals surface area (Å²) in [6, 6.07) is 17.0. The molecule has 134 valence electrons. The van der Waals surface area contributed by atoms with Crippen LogP contribution in [-0.4, -0.2) is 16.5 Å². The summed E-state index contributed by atoms with van der Waals surface area (Å²) in [5, 5.41) is 3.14. The number of halogens is 1. The molecule has 3 aromatic rings. The first kappa shape index (κ1) is 17.9. The average Bonchev–Trinajstić information content (AvgIpc) is 2.61. The first-order chi connectivity index (χ1) is 12.6. The first-order valence-corrected chi connectivity index (χ1v) is 8.74. The van der Waals surface area contributed by atoms with Crippen LogP contribution in [0.25, 0.3) is 0 Å². The zero-order chi connectivity index (χ0) is 18.5. The molecule has 0 aliphatic rings. The van der Waals surface area contributed by atoms with Gasteiger partial charge in [0.15, 0.2) is 0 Å². The third kappa shape index (κ3) is 4.17. The van der Waals surface area contributed by atoms with Crippen molar-refractivity contribution in [3.8, 4) is 0 Å². The molecule has 26 heavy (non-hydrogen) atoms. The molecular weight excluding hydrogens is 327 g/mol. The molecule has 0 saturated heterocycles. The third-order valence-electron chi connectivity index (χ3n) is 4.14. The monoisotopic (exact) mass is 350 g/mol. The molecule has 1 aromatic heterocycles. The maximum Gasteiger partial charge on any atom is 0.225 e. The summed E-state index contributed by atoms with van der Waals surface area (Å²) in [6.45, 7) is 7.22. The molecule has 3 rings (SSSR count). The molecule has 0 fully saturated rings. The lowest BCUT2D eigenvalue weighted by molar-refractivity contribution is 0.612. The molecule has 0 saturated carbocycles. The van der Waals surface area contributed by atoms with Gasteiger partial charge < -0.3 is 10.2 Å². The number of rotatable bonds is 6. The Morgan fingerprint density at radius 2 is 1.81 bits per heavy atom. The van der Waals surface area contributed by atoms with Crippen LogP contribution in [-0.2, 0) is 6.54 Å². The highest BCUT2D eigenvalue weighted by molar-refractivity contribution is 5.61. The number of hydrogen-bond donors (Lipinski definition) is 1. The van der Waals surface area contributed by atoms with Gasteiger partial charge in [-0.25, -0.2) is 9.37 Å². The lowest BCUT2D eigenvalue weighted by atomic mass is 10.2. The van der Waals surface area contributed by atoms with E-state index < -0.39 is 0 Å². The highest BCUT2D eigenvalue weighted by atomic mass is 19.1. The normalized spacial score (nSPS) is 10.6. The van der Waals surface area contributed by atoms with Crippen molar-refractivity contribution in [1.82, 2.24) is 9.97 Å². The molecule has 0 spiro atoms. The van der Waals surface area contributed by atoms with Crippen LogP contribution in [0.3, 0.4) is 0 Å². The summed E-state index contributed by atoms with van der Waals surface area (Å²) >= 11 is 0. The largest absolute Gasteiger partial charge is 0.350 e. The zero-order valence-electron chi connectivity index (χ0n) is 15.3. The molecule has 5 heteroatoms. The fraction of sp³-hybridized carbons (Fsp3) is 0.238. The first-order valence-electron chi connectivity index (χ1n) is 8.74. The molecule has 0 radical (unpaired) electrons. The van der Waals surface area contributed by atoms with Crippen molar-refractivity contribution in [2.75, 3.05) is 16.8 Å². The van der Waals surface area contributed by atoms with Gasteiger partial charge in [-0.3, -0.25) is 0 Å². The van der Waals surface area contributed by atoms with Crippen LogP contribution >= 0.6 is 0 Å². The molecule has 0 unspecified atom stereocenters. The van der Waals surface area contributed by atoms with Gasteiger partial charge in [-0.1, -0.05) is 30.3 Å². The van der Waals surface area contributed by atoms with E-state index in [4.69, 9.17) is 0 Å². The minimum absolute atomic E-state index is 0.233. The van der Waals surface area contributed by atoms with Gasteiger partial charge in [0.2, 0.25) is 5.95 Å². The number of nitrogens with one attached hydrogen (secondary N) is 1. The third-order valence-corrected chi connectivity index (χ3v) is 4.14. The molecule has 0 bridgehead atoms. The Kier molecular flexibility index (Phi) is 5.46. The van der Waals surface area contributed by atoms with Crippen LogP contribution in [0.2, 0.25) is 0 Å². The molecule has 4 nitrogen and oxygen atoms in total. The van der Waals surface area contributed by atoms with Gasteiger partial charge in [0, 0.05) is 36.1 Å². The number of hydrogen-bond acceptors (Lipinski definition) is 4. The standard InChI is InChI=1S/C21H23FN4/c1-4-26(18-10-7-8-15(2)12-18)20-13-16(3)24-21(25-20)23-14-17-9-5-6-11-19(17)22/h5-13H,4,14H2,1-3H3,(H,23,24,25). The summed E-state index contributed by atoms with van der Waals surface area (Å²) in [7, 11) is 0. The van der Waals surface area contributed by atoms with E-state index in [2.05, 4.69) is 52.2 Å². The maximum absolute atomic E-state index is 13.8. The van der Waals surface area contributed by atoms with Gasteiger partial charge in [-0.2, -0.15) is 4.98 Å². The Bertz CT molecular complexity index is 895. The van der Waals surface area contributed by atoms with Crippen LogP contribution in [0.1, 0.15) is 23.7 Å². The fourth-order valence-electron chi connectivity index (χ4n) is 2.86. The second-order valence-electron chi connectivity index (χ2n) is 6.22. The number of aromatic nitrogens is 2. The van der Waals surface area contributed by atoms with Crippen molar-refractivity contribution in [3.63, 3.8) is 0 Å². The van der Waals surface area contributed by atoms with Gasteiger partial charge in [-0.05, 0) is 44.5 Å². The van der Waals surface area contributed by atoms with Crippen LogP contribution in [0.15, 0.2) is 54.6 Å². The number of anilines is 3. The van der Waals surface area contributed by atoms with Gasteiger partial charge in [0.1, 0.15) is 11.6 Å². The van der Waals surface area contributed by atoms with Gasteiger partial charge in [0.25, 0.3) is 0 Å². The van der Waals surface area contributed by atoms with Gasteiger partial charge in [0.05, 0.1) is 0 Å². The van der Waals surface area contributed by atoms with Crippen molar-refractivity contribution in [3.05, 3.63) is 77.2 Å². The lowest BCUT2D eigenvalue weighted by Gasteiger charge is -2.23. The van der Waals surface area contributed by atoms with Crippen molar-refractivity contribution in [1.29, 1.82) is 0 Å². The van der Waals surface area contributed by atoms with Crippen molar-refractivity contribution < 1.29 is 4.39 Å². The fourth-order valence-corrected chi connectivity index (χ4v) is 2.86. The highest BCUT2D eigenvalue weighted by Crippen LogP contribution is 2.25. The number of aryl methyl sites for hydroxylation is 2. The molecule has 0 amide bonds. The molecule has 0 aliphatic carbocycles. The van der Waals surface area contributed by atoms with Crippen LogP contribution in [0, 0.1) is 19.7 Å². The second kappa shape index (κ2) is 7.95. The van der Waals surface area contributed by atoms with E-state index in [1.54, 1.807) is 12.1 Å². The Hall–Kier alpha value is -2.95. The lowest BCUT2D eigenvalue weighted by Crippen LogP contribution is -2.19. The van der Waals surface area contributed by atoms with E-state index in [9.17, 15) is 4.39 Å². The van der Waals surface area contributed by atoms with Gasteiger partial charge in [-0.15, -0.1) is 0 Å². The summed E-state index contributed by atoms with van der Waals surface area (Å²) < 4.78 is 13.8. The van der Waals surface area contributed by atoms with Crippen molar-refractivity contribution in [2.45, 2.75) is 27.3 Å². The number of benzene rings is 2. The predicted octanol–water partition coefficient (Wildman–Crippen LogP) is 5.00. The predicted molar refractivity (Wildman–Crippen MR) is 104 cm³/mol. The Labute approximate surface area is 153 Å². The van der Waals surface area contributed by atoms with E-state index in [0.29, 0.717) is 18.1 Å². The molecule has 0 atom stereocenters. The second-order valence-corrected chi connectivity index (χ2v) is 6.22.